The highest BCUT2D eigenvalue weighted by Gasteiger charge is 2.33. The number of anilines is 1. The quantitative estimate of drug-likeness (QED) is 0.273. The summed E-state index contributed by atoms with van der Waals surface area (Å²) in [4.78, 5) is 16.3. The molecule has 0 radical (unpaired) electrons. The number of hydrogen-bond acceptors (Lipinski definition) is 9. The molecule has 3 rings (SSSR count). The van der Waals surface area contributed by atoms with E-state index in [-0.39, 0.29) is 42.5 Å². The molecule has 33 heavy (non-hydrogen) atoms. The molecule has 2 heterocycles. The van der Waals surface area contributed by atoms with Crippen molar-refractivity contribution in [3.8, 4) is 0 Å². The maximum atomic E-state index is 13.7. The minimum atomic E-state index is -4.10. The summed E-state index contributed by atoms with van der Waals surface area (Å²) >= 11 is 0. The van der Waals surface area contributed by atoms with E-state index in [9.17, 15) is 26.9 Å². The van der Waals surface area contributed by atoms with Crippen molar-refractivity contribution in [2.45, 2.75) is 31.2 Å². The van der Waals surface area contributed by atoms with Crippen molar-refractivity contribution in [3.63, 3.8) is 0 Å². The molecule has 1 aromatic carbocycles. The van der Waals surface area contributed by atoms with Gasteiger partial charge in [0.05, 0.1) is 23.5 Å². The van der Waals surface area contributed by atoms with Crippen molar-refractivity contribution in [1.29, 1.82) is 0 Å². The van der Waals surface area contributed by atoms with Crippen LogP contribution in [-0.4, -0.2) is 63.5 Å². The first-order valence-electron chi connectivity index (χ1n) is 10.3. The molecular formula is C20H26N4O7S2. The van der Waals surface area contributed by atoms with E-state index in [1.54, 1.807) is 23.4 Å². The van der Waals surface area contributed by atoms with Gasteiger partial charge in [-0.2, -0.15) is 12.7 Å². The van der Waals surface area contributed by atoms with Crippen LogP contribution >= 0.6 is 0 Å². The zero-order chi connectivity index (χ0) is 24.2. The molecule has 0 saturated heterocycles. The van der Waals surface area contributed by atoms with E-state index in [4.69, 9.17) is 4.18 Å². The fourth-order valence-corrected chi connectivity index (χ4v) is 5.73. The summed E-state index contributed by atoms with van der Waals surface area (Å²) in [6.07, 6.45) is 5.36. The van der Waals surface area contributed by atoms with Gasteiger partial charge in [-0.15, -0.1) is 0 Å². The predicted octanol–water partition coefficient (Wildman–Crippen LogP) is 1.93. The Balaban J connectivity index is 2.01. The van der Waals surface area contributed by atoms with Crippen LogP contribution in [0.2, 0.25) is 0 Å². The molecule has 0 saturated carbocycles. The van der Waals surface area contributed by atoms with Gasteiger partial charge in [0, 0.05) is 50.7 Å². The van der Waals surface area contributed by atoms with Crippen LogP contribution < -0.4 is 4.90 Å². The summed E-state index contributed by atoms with van der Waals surface area (Å²) in [5.74, 6) is 0. The minimum absolute atomic E-state index is 0.0930. The Bertz CT molecular complexity index is 1230. The Morgan fingerprint density at radius 2 is 1.94 bits per heavy atom. The summed E-state index contributed by atoms with van der Waals surface area (Å²) < 4.78 is 56.1. The monoisotopic (exact) mass is 498 g/mol. The van der Waals surface area contributed by atoms with Crippen LogP contribution in [0.15, 0.2) is 41.6 Å². The third kappa shape index (κ3) is 6.05. The molecule has 0 amide bonds. The van der Waals surface area contributed by atoms with Gasteiger partial charge in [-0.3, -0.25) is 19.3 Å². The summed E-state index contributed by atoms with van der Waals surface area (Å²) in [5, 5.41) is 11.4. The number of nitro benzene ring substituents is 1. The number of rotatable bonds is 10. The van der Waals surface area contributed by atoms with Gasteiger partial charge >= 0.3 is 0 Å². The van der Waals surface area contributed by atoms with Crippen LogP contribution in [0.4, 0.5) is 11.4 Å². The van der Waals surface area contributed by atoms with Gasteiger partial charge in [0.15, 0.2) is 0 Å². The number of hydrogen-bond donors (Lipinski definition) is 0. The molecule has 1 aliphatic heterocycles. The molecule has 2 aromatic rings. The van der Waals surface area contributed by atoms with E-state index >= 15 is 0 Å². The lowest BCUT2D eigenvalue weighted by Gasteiger charge is -2.31. The minimum Gasteiger partial charge on any atom is -0.368 e. The zero-order valence-corrected chi connectivity index (χ0v) is 20.0. The molecule has 1 aliphatic rings. The summed E-state index contributed by atoms with van der Waals surface area (Å²) in [5.41, 5.74) is 1.72. The number of benzene rings is 1. The third-order valence-corrected chi connectivity index (χ3v) is 7.72. The topological polar surface area (TPSA) is 140 Å². The molecule has 0 atom stereocenters. The van der Waals surface area contributed by atoms with E-state index in [0.29, 0.717) is 19.4 Å². The molecule has 0 unspecified atom stereocenters. The highest BCUT2D eigenvalue weighted by Crippen LogP contribution is 2.34. The Labute approximate surface area is 193 Å². The fourth-order valence-electron chi connectivity index (χ4n) is 3.70. The number of fused-ring (bicyclic) bond motifs is 1. The third-order valence-electron chi connectivity index (χ3n) is 5.25. The van der Waals surface area contributed by atoms with Crippen LogP contribution in [0.5, 0.6) is 0 Å². The SMILES string of the molecule is CCCN(CCOS(C)(=O)=O)c1ccc([N+](=O)[O-])cc1S(=O)(=O)N1CCc2cnccc2C1. The lowest BCUT2D eigenvalue weighted by atomic mass is 10.0. The van der Waals surface area contributed by atoms with Crippen LogP contribution in [0.3, 0.4) is 0 Å². The number of sulfonamides is 1. The normalized spacial score (nSPS) is 14.6. The molecule has 0 aliphatic carbocycles. The first kappa shape index (κ1) is 25.0. The van der Waals surface area contributed by atoms with Crippen molar-refractivity contribution in [1.82, 2.24) is 9.29 Å². The van der Waals surface area contributed by atoms with Crippen molar-refractivity contribution >= 4 is 31.5 Å². The Hall–Kier alpha value is -2.61. The predicted molar refractivity (Wildman–Crippen MR) is 122 cm³/mol. The maximum absolute atomic E-state index is 13.7. The van der Waals surface area contributed by atoms with Crippen LogP contribution in [0, 0.1) is 10.1 Å². The average molecular weight is 499 g/mol. The fraction of sp³-hybridized carbons (Fsp3) is 0.450. The van der Waals surface area contributed by atoms with Gasteiger partial charge < -0.3 is 4.90 Å². The van der Waals surface area contributed by atoms with E-state index < -0.39 is 25.1 Å². The second-order valence-corrected chi connectivity index (χ2v) is 11.2. The van der Waals surface area contributed by atoms with Crippen LogP contribution in [0.25, 0.3) is 0 Å². The van der Waals surface area contributed by atoms with Gasteiger partial charge in [0.25, 0.3) is 15.8 Å². The molecule has 11 nitrogen and oxygen atoms in total. The van der Waals surface area contributed by atoms with Crippen molar-refractivity contribution in [2.24, 2.45) is 0 Å². The second-order valence-electron chi connectivity index (χ2n) is 7.66. The molecule has 0 fully saturated rings. The summed E-state index contributed by atoms with van der Waals surface area (Å²) in [7, 11) is -7.77. The smallest absolute Gasteiger partial charge is 0.270 e. The summed E-state index contributed by atoms with van der Waals surface area (Å²) in [6.45, 7) is 2.55. The Morgan fingerprint density at radius 3 is 2.61 bits per heavy atom. The van der Waals surface area contributed by atoms with E-state index in [0.717, 1.165) is 23.4 Å². The maximum Gasteiger partial charge on any atom is 0.270 e. The van der Waals surface area contributed by atoms with Crippen molar-refractivity contribution in [3.05, 3.63) is 57.9 Å². The highest BCUT2D eigenvalue weighted by molar-refractivity contribution is 7.89. The number of aromatic nitrogens is 1. The first-order chi connectivity index (χ1) is 15.5. The van der Waals surface area contributed by atoms with Crippen molar-refractivity contribution in [2.75, 3.05) is 37.4 Å². The number of non-ortho nitro benzene ring substituents is 1. The lowest BCUT2D eigenvalue weighted by molar-refractivity contribution is -0.385. The van der Waals surface area contributed by atoms with Gasteiger partial charge in [0.2, 0.25) is 10.0 Å². The molecule has 180 valence electrons. The number of nitro groups is 1. The van der Waals surface area contributed by atoms with Crippen molar-refractivity contribution < 1.29 is 25.9 Å². The molecule has 13 heteroatoms. The van der Waals surface area contributed by atoms with Gasteiger partial charge in [-0.05, 0) is 36.1 Å². The Kier molecular flexibility index (Phi) is 7.67. The molecule has 0 N–H and O–H groups in total. The molecule has 0 bridgehead atoms. The first-order valence-corrected chi connectivity index (χ1v) is 13.6. The Morgan fingerprint density at radius 1 is 1.18 bits per heavy atom. The molecule has 0 spiro atoms. The van der Waals surface area contributed by atoms with Gasteiger partial charge in [-0.25, -0.2) is 8.42 Å². The standard InChI is InChI=1S/C20H26N4O7S2/c1-3-9-22(11-12-31-32(2,27)28)19-5-4-18(24(25)26)13-20(19)33(29,30)23-10-7-16-14-21-8-6-17(16)15-23/h4-6,8,13-14H,3,7,9-12,15H2,1-2H3. The van der Waals surface area contributed by atoms with E-state index in [1.807, 2.05) is 6.92 Å². The highest BCUT2D eigenvalue weighted by atomic mass is 32.2. The van der Waals surface area contributed by atoms with Gasteiger partial charge in [-0.1, -0.05) is 6.92 Å². The molecular weight excluding hydrogens is 472 g/mol. The van der Waals surface area contributed by atoms with E-state index in [1.165, 1.54) is 16.4 Å². The van der Waals surface area contributed by atoms with Crippen LogP contribution in [-0.2, 0) is 37.3 Å². The second kappa shape index (κ2) is 10.1. The zero-order valence-electron chi connectivity index (χ0n) is 18.4. The number of nitrogens with zero attached hydrogens (tertiary/aromatic N) is 4. The largest absolute Gasteiger partial charge is 0.368 e. The average Bonchev–Trinajstić information content (AvgIpc) is 2.77. The summed E-state index contributed by atoms with van der Waals surface area (Å²) in [6, 6.07) is 5.46. The van der Waals surface area contributed by atoms with Crippen LogP contribution in [0.1, 0.15) is 24.5 Å². The van der Waals surface area contributed by atoms with Gasteiger partial charge in [0.1, 0.15) is 4.90 Å². The lowest BCUT2D eigenvalue weighted by Crippen LogP contribution is -2.37. The number of pyridine rings is 1. The van der Waals surface area contributed by atoms with E-state index in [2.05, 4.69) is 4.98 Å². The molecule has 1 aromatic heterocycles.